The highest BCUT2D eigenvalue weighted by Gasteiger charge is 2.24. The lowest BCUT2D eigenvalue weighted by atomic mass is 10.4. The maximum absolute atomic E-state index is 11.3. The van der Waals surface area contributed by atoms with Crippen LogP contribution >= 0.6 is 10.7 Å². The third kappa shape index (κ3) is 3.65. The Morgan fingerprint density at radius 2 is 1.88 bits per heavy atom. The van der Waals surface area contributed by atoms with Gasteiger partial charge in [-0.1, -0.05) is 0 Å². The zero-order valence-corrected chi connectivity index (χ0v) is 11.8. The molecule has 0 aliphatic heterocycles. The first-order valence-electron chi connectivity index (χ1n) is 5.23. The summed E-state index contributed by atoms with van der Waals surface area (Å²) in [6.45, 7) is 7.63. The van der Waals surface area contributed by atoms with Gasteiger partial charge in [-0.25, -0.2) is 8.42 Å². The molecular weight excluding hydrogens is 266 g/mol. The smallest absolute Gasteiger partial charge is 0.296 e. The standard InChI is InChI=1S/C9H16ClN3O3S/c1-6(2)13-8(5-16-7(3)4)11-12-9(13)17(10,14)15/h6-7H,5H2,1-4H3. The predicted molar refractivity (Wildman–Crippen MR) is 63.4 cm³/mol. The number of rotatable bonds is 5. The predicted octanol–water partition coefficient (Wildman–Crippen LogP) is 1.71. The van der Waals surface area contributed by atoms with Gasteiger partial charge in [0.05, 0.1) is 6.10 Å². The second-order valence-electron chi connectivity index (χ2n) is 4.16. The summed E-state index contributed by atoms with van der Waals surface area (Å²) in [6, 6.07) is -0.112. The molecule has 0 fully saturated rings. The minimum Gasteiger partial charge on any atom is -0.371 e. The van der Waals surface area contributed by atoms with Gasteiger partial charge >= 0.3 is 0 Å². The molecule has 1 rings (SSSR count). The van der Waals surface area contributed by atoms with Gasteiger partial charge in [0.25, 0.3) is 14.2 Å². The van der Waals surface area contributed by atoms with E-state index in [1.54, 1.807) is 0 Å². The van der Waals surface area contributed by atoms with E-state index in [9.17, 15) is 8.42 Å². The van der Waals surface area contributed by atoms with Crippen LogP contribution < -0.4 is 0 Å². The summed E-state index contributed by atoms with van der Waals surface area (Å²) in [5.74, 6) is 0.452. The Morgan fingerprint density at radius 3 is 2.29 bits per heavy atom. The lowest BCUT2D eigenvalue weighted by Crippen LogP contribution is -2.14. The molecule has 0 unspecified atom stereocenters. The fourth-order valence-corrected chi connectivity index (χ4v) is 2.34. The monoisotopic (exact) mass is 281 g/mol. The number of aromatic nitrogens is 3. The number of hydrogen-bond acceptors (Lipinski definition) is 5. The Hall–Kier alpha value is -0.660. The van der Waals surface area contributed by atoms with Crippen LogP contribution in [-0.2, 0) is 20.4 Å². The van der Waals surface area contributed by atoms with Crippen LogP contribution in [-0.4, -0.2) is 29.3 Å². The van der Waals surface area contributed by atoms with E-state index in [-0.39, 0.29) is 23.9 Å². The lowest BCUT2D eigenvalue weighted by molar-refractivity contribution is 0.0584. The van der Waals surface area contributed by atoms with Crippen molar-refractivity contribution in [2.75, 3.05) is 0 Å². The maximum atomic E-state index is 11.3. The van der Waals surface area contributed by atoms with E-state index in [2.05, 4.69) is 10.2 Å². The van der Waals surface area contributed by atoms with E-state index in [0.717, 1.165) is 0 Å². The molecule has 0 atom stereocenters. The molecule has 0 saturated heterocycles. The normalized spacial score (nSPS) is 12.6. The zero-order chi connectivity index (χ0) is 13.2. The molecule has 0 bridgehead atoms. The minimum atomic E-state index is -3.89. The average molecular weight is 282 g/mol. The maximum Gasteiger partial charge on any atom is 0.296 e. The largest absolute Gasteiger partial charge is 0.371 e. The van der Waals surface area contributed by atoms with Crippen molar-refractivity contribution in [1.82, 2.24) is 14.8 Å². The quantitative estimate of drug-likeness (QED) is 0.768. The van der Waals surface area contributed by atoms with Gasteiger partial charge in [-0.2, -0.15) is 0 Å². The van der Waals surface area contributed by atoms with E-state index < -0.39 is 9.05 Å². The van der Waals surface area contributed by atoms with Crippen molar-refractivity contribution in [3.63, 3.8) is 0 Å². The first kappa shape index (κ1) is 14.4. The molecule has 17 heavy (non-hydrogen) atoms. The van der Waals surface area contributed by atoms with E-state index in [4.69, 9.17) is 15.4 Å². The zero-order valence-electron chi connectivity index (χ0n) is 10.2. The first-order valence-corrected chi connectivity index (χ1v) is 7.54. The van der Waals surface area contributed by atoms with Crippen molar-refractivity contribution in [3.05, 3.63) is 5.82 Å². The second kappa shape index (κ2) is 5.32. The third-order valence-corrected chi connectivity index (χ3v) is 3.14. The van der Waals surface area contributed by atoms with Gasteiger partial charge in [0, 0.05) is 16.7 Å². The van der Waals surface area contributed by atoms with E-state index in [1.807, 2.05) is 27.7 Å². The van der Waals surface area contributed by atoms with Gasteiger partial charge in [-0.15, -0.1) is 10.2 Å². The van der Waals surface area contributed by atoms with Crippen molar-refractivity contribution in [3.8, 4) is 0 Å². The summed E-state index contributed by atoms with van der Waals surface area (Å²) in [5, 5.41) is 7.16. The lowest BCUT2D eigenvalue weighted by Gasteiger charge is -2.13. The second-order valence-corrected chi connectivity index (χ2v) is 6.62. The summed E-state index contributed by atoms with van der Waals surface area (Å²) in [6.07, 6.45) is 0.0309. The van der Waals surface area contributed by atoms with E-state index >= 15 is 0 Å². The van der Waals surface area contributed by atoms with Gasteiger partial charge < -0.3 is 4.74 Å². The highest BCUT2D eigenvalue weighted by molar-refractivity contribution is 8.13. The molecule has 0 aromatic carbocycles. The Balaban J connectivity index is 3.12. The van der Waals surface area contributed by atoms with Crippen molar-refractivity contribution in [1.29, 1.82) is 0 Å². The van der Waals surface area contributed by atoms with Crippen molar-refractivity contribution in [2.24, 2.45) is 0 Å². The van der Waals surface area contributed by atoms with Crippen LogP contribution in [0.2, 0.25) is 0 Å². The van der Waals surface area contributed by atoms with Crippen LogP contribution in [0.5, 0.6) is 0 Å². The molecule has 0 aliphatic carbocycles. The summed E-state index contributed by atoms with van der Waals surface area (Å²) in [7, 11) is 1.40. The average Bonchev–Trinajstić information content (AvgIpc) is 2.57. The highest BCUT2D eigenvalue weighted by atomic mass is 35.7. The molecule has 1 heterocycles. The number of halogens is 1. The van der Waals surface area contributed by atoms with Crippen LogP contribution in [0.3, 0.4) is 0 Å². The topological polar surface area (TPSA) is 74.1 Å². The van der Waals surface area contributed by atoms with Gasteiger partial charge in [0.15, 0.2) is 5.82 Å². The van der Waals surface area contributed by atoms with E-state index in [0.29, 0.717) is 5.82 Å². The van der Waals surface area contributed by atoms with Gasteiger partial charge in [0.1, 0.15) is 6.61 Å². The Kier molecular flexibility index (Phi) is 4.51. The Labute approximate surface area is 105 Å². The van der Waals surface area contributed by atoms with Crippen molar-refractivity contribution >= 4 is 19.7 Å². The highest BCUT2D eigenvalue weighted by Crippen LogP contribution is 2.19. The molecule has 6 nitrogen and oxygen atoms in total. The first-order chi connectivity index (χ1) is 7.73. The minimum absolute atomic E-state index is 0.0309. The number of ether oxygens (including phenoxy) is 1. The molecule has 0 saturated carbocycles. The van der Waals surface area contributed by atoms with Crippen LogP contribution in [0.25, 0.3) is 0 Å². The van der Waals surface area contributed by atoms with Gasteiger partial charge in [-0.05, 0) is 27.7 Å². The fourth-order valence-electron chi connectivity index (χ4n) is 1.33. The molecule has 0 radical (unpaired) electrons. The molecule has 8 heteroatoms. The fraction of sp³-hybridized carbons (Fsp3) is 0.778. The van der Waals surface area contributed by atoms with Crippen molar-refractivity contribution in [2.45, 2.75) is 51.6 Å². The summed E-state index contributed by atoms with van der Waals surface area (Å²) in [4.78, 5) is 0. The summed E-state index contributed by atoms with van der Waals surface area (Å²) >= 11 is 0. The molecular formula is C9H16ClN3O3S. The van der Waals surface area contributed by atoms with Crippen LogP contribution in [0, 0.1) is 0 Å². The van der Waals surface area contributed by atoms with Crippen molar-refractivity contribution < 1.29 is 13.2 Å². The van der Waals surface area contributed by atoms with Crippen LogP contribution in [0.15, 0.2) is 5.16 Å². The molecule has 1 aromatic rings. The number of hydrogen-bond donors (Lipinski definition) is 0. The molecule has 0 amide bonds. The Morgan fingerprint density at radius 1 is 1.29 bits per heavy atom. The third-order valence-electron chi connectivity index (χ3n) is 2.02. The number of nitrogens with zero attached hydrogens (tertiary/aromatic N) is 3. The summed E-state index contributed by atoms with van der Waals surface area (Å²) < 4.78 is 29.5. The molecule has 0 N–H and O–H groups in total. The SMILES string of the molecule is CC(C)OCc1nnc(S(=O)(=O)Cl)n1C(C)C. The molecule has 98 valence electrons. The Bertz CT molecular complexity index is 482. The van der Waals surface area contributed by atoms with Gasteiger partial charge in [-0.3, -0.25) is 4.57 Å². The molecule has 0 aliphatic rings. The molecule has 0 spiro atoms. The van der Waals surface area contributed by atoms with E-state index in [1.165, 1.54) is 4.57 Å². The molecule has 1 aromatic heterocycles. The van der Waals surface area contributed by atoms with Gasteiger partial charge in [0.2, 0.25) is 0 Å². The summed E-state index contributed by atoms with van der Waals surface area (Å²) in [5.41, 5.74) is 0. The van der Waals surface area contributed by atoms with Crippen LogP contribution in [0.1, 0.15) is 39.6 Å². The van der Waals surface area contributed by atoms with Crippen LogP contribution in [0.4, 0.5) is 0 Å².